The summed E-state index contributed by atoms with van der Waals surface area (Å²) in [5, 5.41) is 6.66. The number of hydrogen-bond donors (Lipinski definition) is 3. The third-order valence-electron chi connectivity index (χ3n) is 7.40. The summed E-state index contributed by atoms with van der Waals surface area (Å²) in [4.78, 5) is 33.3. The van der Waals surface area contributed by atoms with Crippen molar-refractivity contribution in [3.05, 3.63) is 47.2 Å². The largest absolute Gasteiger partial charge is 0.498 e. The predicted octanol–water partition coefficient (Wildman–Crippen LogP) is 6.38. The van der Waals surface area contributed by atoms with Crippen molar-refractivity contribution in [2.24, 2.45) is 0 Å². The molecule has 244 valence electrons. The van der Waals surface area contributed by atoms with Gasteiger partial charge in [-0.3, -0.25) is 5.32 Å². The molecule has 3 N–H and O–H groups in total. The highest BCUT2D eigenvalue weighted by molar-refractivity contribution is 6.65. The van der Waals surface area contributed by atoms with E-state index in [2.05, 4.69) is 20.6 Å². The molecule has 2 aromatic heterocycles. The molecule has 11 nitrogen and oxygen atoms in total. The quantitative estimate of drug-likeness (QED) is 0.191. The van der Waals surface area contributed by atoms with E-state index in [1.807, 2.05) is 58.2 Å². The molecule has 1 aliphatic heterocycles. The number of para-hydroxylation sites is 1. The molecular weight excluding hydrogens is 599 g/mol. The number of anilines is 1. The van der Waals surface area contributed by atoms with Crippen molar-refractivity contribution in [1.29, 1.82) is 0 Å². The van der Waals surface area contributed by atoms with Gasteiger partial charge in [0.15, 0.2) is 11.6 Å². The number of carbonyl (C=O) groups excluding carboxylic acids is 2. The number of aromatic amines is 1. The van der Waals surface area contributed by atoms with Gasteiger partial charge in [-0.2, -0.15) is 0 Å². The van der Waals surface area contributed by atoms with Gasteiger partial charge >= 0.3 is 19.3 Å². The molecule has 3 aromatic rings. The Morgan fingerprint density at radius 1 is 1.00 bits per heavy atom. The number of pyridine rings is 1. The fraction of sp³-hybridized carbons (Fsp3) is 0.531. The minimum Gasteiger partial charge on any atom is -0.488 e. The fourth-order valence-electron chi connectivity index (χ4n) is 4.60. The number of nitrogens with one attached hydrogen (secondary N) is 3. The number of fused-ring (bicyclic) bond motifs is 1. The number of aromatic nitrogens is 2. The molecule has 0 aliphatic carbocycles. The van der Waals surface area contributed by atoms with Crippen LogP contribution in [0.25, 0.3) is 10.9 Å². The van der Waals surface area contributed by atoms with Crippen molar-refractivity contribution in [2.75, 3.05) is 11.9 Å². The number of halogens is 1. The minimum absolute atomic E-state index is 0.00608. The third-order valence-corrected chi connectivity index (χ3v) is 7.70. The van der Waals surface area contributed by atoms with E-state index in [1.165, 1.54) is 0 Å². The molecule has 0 saturated carbocycles. The molecule has 0 radical (unpaired) electrons. The summed E-state index contributed by atoms with van der Waals surface area (Å²) in [5.41, 5.74) is -0.322. The lowest BCUT2D eigenvalue weighted by molar-refractivity contribution is 0.00578. The summed E-state index contributed by atoms with van der Waals surface area (Å²) in [6, 6.07) is 8.99. The first-order valence-electron chi connectivity index (χ1n) is 15.0. The second-order valence-corrected chi connectivity index (χ2v) is 14.5. The molecule has 1 aliphatic rings. The number of amides is 2. The number of H-pyrrole nitrogens is 1. The fourth-order valence-corrected chi connectivity index (χ4v) is 4.83. The number of alkyl carbamates (subject to hydrolysis) is 1. The first-order valence-corrected chi connectivity index (χ1v) is 15.3. The lowest BCUT2D eigenvalue weighted by atomic mass is 9.80. The van der Waals surface area contributed by atoms with Crippen LogP contribution in [0.5, 0.6) is 5.75 Å². The SMILES string of the molecule is CC(C)(C)OC(=O)Nc1nc(Cl)c(B2OC(C)(C)C(C)(C)O2)cc1OC[C@H](Cc1c[nH]c2ccccc12)NC(=O)OC(C)(C)C. The van der Waals surface area contributed by atoms with E-state index in [4.69, 9.17) is 35.1 Å². The summed E-state index contributed by atoms with van der Waals surface area (Å²) < 4.78 is 29.7. The number of carbonyl (C=O) groups is 2. The van der Waals surface area contributed by atoms with Gasteiger partial charge in [0.05, 0.1) is 17.2 Å². The first kappa shape index (κ1) is 34.4. The van der Waals surface area contributed by atoms with Crippen LogP contribution >= 0.6 is 11.6 Å². The molecule has 3 heterocycles. The lowest BCUT2D eigenvalue weighted by Gasteiger charge is -2.32. The molecule has 1 atom stereocenters. The molecule has 0 bridgehead atoms. The standard InChI is InChI=1S/C32H44BClN4O7/c1-29(2,3)42-27(39)36-20(15-19-17-35-23-14-12-11-13-21(19)23)18-41-24-16-22(33-44-31(7,8)32(9,10)45-33)25(34)37-26(24)38-28(40)43-30(4,5)6/h11-14,16-17,20,35H,15,18H2,1-10H3,(H,36,39)(H,37,38,40)/t20-/m0/s1. The van der Waals surface area contributed by atoms with Gasteiger partial charge in [0.1, 0.15) is 23.0 Å². The van der Waals surface area contributed by atoms with E-state index < -0.39 is 47.8 Å². The van der Waals surface area contributed by atoms with Crippen LogP contribution in [0.2, 0.25) is 5.15 Å². The van der Waals surface area contributed by atoms with Crippen molar-refractivity contribution in [3.8, 4) is 5.75 Å². The highest BCUT2D eigenvalue weighted by Gasteiger charge is 2.52. The zero-order valence-electron chi connectivity index (χ0n) is 27.7. The number of hydrogen-bond acceptors (Lipinski definition) is 8. The van der Waals surface area contributed by atoms with Crippen molar-refractivity contribution < 1.29 is 33.1 Å². The molecule has 1 aromatic carbocycles. The van der Waals surface area contributed by atoms with Gasteiger partial charge in [-0.25, -0.2) is 14.6 Å². The highest BCUT2D eigenvalue weighted by atomic mass is 35.5. The Hall–Kier alpha value is -3.48. The maximum absolute atomic E-state index is 12.9. The van der Waals surface area contributed by atoms with E-state index in [9.17, 15) is 9.59 Å². The average molecular weight is 643 g/mol. The summed E-state index contributed by atoms with van der Waals surface area (Å²) in [5.74, 6) is 0.225. The first-order chi connectivity index (χ1) is 20.7. The van der Waals surface area contributed by atoms with Crippen LogP contribution in [0.3, 0.4) is 0 Å². The molecule has 2 amide bonds. The van der Waals surface area contributed by atoms with Gasteiger partial charge in [-0.05, 0) is 93.4 Å². The van der Waals surface area contributed by atoms with Crippen LogP contribution in [0, 0.1) is 0 Å². The molecule has 0 spiro atoms. The number of nitrogens with zero attached hydrogens (tertiary/aromatic N) is 1. The normalized spacial score (nSPS) is 16.7. The van der Waals surface area contributed by atoms with Crippen LogP contribution in [0.15, 0.2) is 36.5 Å². The maximum Gasteiger partial charge on any atom is 0.498 e. The van der Waals surface area contributed by atoms with Gasteiger partial charge in [0.25, 0.3) is 0 Å². The molecule has 1 saturated heterocycles. The van der Waals surface area contributed by atoms with Crippen LogP contribution in [-0.2, 0) is 25.2 Å². The minimum atomic E-state index is -0.838. The average Bonchev–Trinajstić information content (AvgIpc) is 3.37. The molecule has 13 heteroatoms. The Bertz CT molecular complexity index is 1530. The van der Waals surface area contributed by atoms with Gasteiger partial charge in [0, 0.05) is 22.6 Å². The summed E-state index contributed by atoms with van der Waals surface area (Å²) in [6.07, 6.45) is 1.00. The van der Waals surface area contributed by atoms with Crippen molar-refractivity contribution >= 4 is 53.1 Å². The number of rotatable bonds is 8. The Balaban J connectivity index is 1.66. The van der Waals surface area contributed by atoms with Gasteiger partial charge in [-0.1, -0.05) is 29.8 Å². The smallest absolute Gasteiger partial charge is 0.488 e. The molecule has 0 unspecified atom stereocenters. The Kier molecular flexibility index (Phi) is 9.73. The zero-order valence-corrected chi connectivity index (χ0v) is 28.5. The van der Waals surface area contributed by atoms with E-state index in [-0.39, 0.29) is 23.3 Å². The summed E-state index contributed by atoms with van der Waals surface area (Å²) >= 11 is 6.63. The maximum atomic E-state index is 12.9. The van der Waals surface area contributed by atoms with E-state index in [0.717, 1.165) is 16.5 Å². The Morgan fingerprint density at radius 3 is 2.22 bits per heavy atom. The molecule has 1 fully saturated rings. The van der Waals surface area contributed by atoms with E-state index in [1.54, 1.807) is 47.6 Å². The predicted molar refractivity (Wildman–Crippen MR) is 175 cm³/mol. The second-order valence-electron chi connectivity index (χ2n) is 14.1. The van der Waals surface area contributed by atoms with Crippen molar-refractivity contribution in [1.82, 2.24) is 15.3 Å². The van der Waals surface area contributed by atoms with Crippen LogP contribution < -0.4 is 20.8 Å². The van der Waals surface area contributed by atoms with Crippen LogP contribution in [-0.4, -0.2) is 64.3 Å². The van der Waals surface area contributed by atoms with Crippen LogP contribution in [0.1, 0.15) is 74.8 Å². The molecule has 45 heavy (non-hydrogen) atoms. The van der Waals surface area contributed by atoms with E-state index in [0.29, 0.717) is 11.9 Å². The molecular formula is C32H44BClN4O7. The zero-order chi connectivity index (χ0) is 33.4. The van der Waals surface area contributed by atoms with E-state index >= 15 is 0 Å². The number of ether oxygens (including phenoxy) is 3. The monoisotopic (exact) mass is 642 g/mol. The Morgan fingerprint density at radius 2 is 1.60 bits per heavy atom. The van der Waals surface area contributed by atoms with Gasteiger partial charge < -0.3 is 33.8 Å². The summed E-state index contributed by atoms with van der Waals surface area (Å²) in [6.45, 7) is 18.4. The number of benzene rings is 1. The highest BCUT2D eigenvalue weighted by Crippen LogP contribution is 2.38. The lowest BCUT2D eigenvalue weighted by Crippen LogP contribution is -2.43. The topological polar surface area (TPSA) is 133 Å². The Labute approximate surface area is 270 Å². The summed E-state index contributed by atoms with van der Waals surface area (Å²) in [7, 11) is -0.838. The van der Waals surface area contributed by atoms with Gasteiger partial charge in [-0.15, -0.1) is 0 Å². The van der Waals surface area contributed by atoms with Crippen molar-refractivity contribution in [3.63, 3.8) is 0 Å². The van der Waals surface area contributed by atoms with Crippen LogP contribution in [0.4, 0.5) is 15.4 Å². The van der Waals surface area contributed by atoms with Gasteiger partial charge in [0.2, 0.25) is 0 Å². The third kappa shape index (κ3) is 8.83. The second kappa shape index (κ2) is 12.7. The van der Waals surface area contributed by atoms with Crippen molar-refractivity contribution in [2.45, 2.75) is 104 Å². The molecule has 4 rings (SSSR count).